The first-order valence-corrected chi connectivity index (χ1v) is 8.56. The fourth-order valence-corrected chi connectivity index (χ4v) is 3.47. The van der Waals surface area contributed by atoms with Gasteiger partial charge in [-0.05, 0) is 25.0 Å². The van der Waals surface area contributed by atoms with Gasteiger partial charge in [-0.2, -0.15) is 0 Å². The van der Waals surface area contributed by atoms with Gasteiger partial charge in [-0.1, -0.05) is 31.0 Å². The molecule has 7 heteroatoms. The van der Waals surface area contributed by atoms with Crippen molar-refractivity contribution in [1.29, 1.82) is 0 Å². The van der Waals surface area contributed by atoms with E-state index in [9.17, 15) is 19.5 Å². The Bertz CT molecular complexity index is 648. The molecular weight excluding hydrogens is 324 g/mol. The molecule has 0 radical (unpaired) electrons. The Morgan fingerprint density at radius 2 is 1.84 bits per heavy atom. The Morgan fingerprint density at radius 1 is 1.12 bits per heavy atom. The summed E-state index contributed by atoms with van der Waals surface area (Å²) < 4.78 is 5.38. The second-order valence-electron chi connectivity index (χ2n) is 6.47. The summed E-state index contributed by atoms with van der Waals surface area (Å²) in [5.41, 5.74) is 0.477. The normalized spacial score (nSPS) is 27.0. The minimum absolute atomic E-state index is 0.0169. The molecule has 0 unspecified atom stereocenters. The highest BCUT2D eigenvalue weighted by atomic mass is 16.5. The van der Waals surface area contributed by atoms with Crippen LogP contribution in [-0.2, 0) is 14.3 Å². The molecule has 3 rings (SSSR count). The number of carboxylic acid groups (broad SMARTS) is 1. The lowest BCUT2D eigenvalue weighted by Gasteiger charge is -2.43. The van der Waals surface area contributed by atoms with Crippen molar-refractivity contribution in [2.24, 2.45) is 0 Å². The average molecular weight is 346 g/mol. The van der Waals surface area contributed by atoms with Gasteiger partial charge in [0.2, 0.25) is 5.91 Å². The molecule has 2 heterocycles. The number of nitrogens with one attached hydrogen (secondary N) is 1. The van der Waals surface area contributed by atoms with Gasteiger partial charge in [0.05, 0.1) is 19.3 Å². The minimum atomic E-state index is -1.08. The molecule has 2 N–H and O–H groups in total. The van der Waals surface area contributed by atoms with Crippen LogP contribution in [0.15, 0.2) is 30.3 Å². The van der Waals surface area contributed by atoms with Gasteiger partial charge < -0.3 is 20.1 Å². The van der Waals surface area contributed by atoms with Crippen molar-refractivity contribution < 1.29 is 24.2 Å². The van der Waals surface area contributed by atoms with Gasteiger partial charge in [0.15, 0.2) is 6.04 Å². The maximum atomic E-state index is 13.0. The first kappa shape index (κ1) is 17.4. The second-order valence-corrected chi connectivity index (χ2v) is 6.47. The van der Waals surface area contributed by atoms with Crippen LogP contribution in [0.25, 0.3) is 0 Å². The highest BCUT2D eigenvalue weighted by Crippen LogP contribution is 2.24. The van der Waals surface area contributed by atoms with E-state index in [2.05, 4.69) is 5.32 Å². The van der Waals surface area contributed by atoms with Crippen LogP contribution in [0.3, 0.4) is 0 Å². The topological polar surface area (TPSA) is 95.9 Å². The number of carbonyl (C=O) groups excluding carboxylic acids is 2. The maximum Gasteiger partial charge on any atom is 0.328 e. The lowest BCUT2D eigenvalue weighted by atomic mass is 9.95. The molecule has 2 aliphatic heterocycles. The second kappa shape index (κ2) is 7.65. The summed E-state index contributed by atoms with van der Waals surface area (Å²) >= 11 is 0. The van der Waals surface area contributed by atoms with E-state index in [1.807, 2.05) is 6.07 Å². The van der Waals surface area contributed by atoms with Crippen molar-refractivity contribution in [1.82, 2.24) is 10.2 Å². The molecule has 0 bridgehead atoms. The lowest BCUT2D eigenvalue weighted by Crippen LogP contribution is -2.62. The molecule has 0 aliphatic carbocycles. The van der Waals surface area contributed by atoms with Crippen molar-refractivity contribution >= 4 is 17.8 Å². The largest absolute Gasteiger partial charge is 0.480 e. The van der Waals surface area contributed by atoms with Crippen LogP contribution in [0.5, 0.6) is 0 Å². The molecular formula is C18H22N2O5. The number of aliphatic carboxylic acids is 1. The molecule has 1 aromatic carbocycles. The van der Waals surface area contributed by atoms with E-state index in [-0.39, 0.29) is 24.5 Å². The first-order chi connectivity index (χ1) is 12.1. The molecule has 25 heavy (non-hydrogen) atoms. The van der Waals surface area contributed by atoms with Crippen molar-refractivity contribution in [3.63, 3.8) is 0 Å². The molecule has 2 saturated heterocycles. The van der Waals surface area contributed by atoms with Gasteiger partial charge in [-0.25, -0.2) is 4.79 Å². The van der Waals surface area contributed by atoms with Gasteiger partial charge in [0.25, 0.3) is 5.91 Å². The van der Waals surface area contributed by atoms with Crippen LogP contribution >= 0.6 is 0 Å². The number of carbonyl (C=O) groups is 3. The lowest BCUT2D eigenvalue weighted by molar-refractivity contribution is -0.165. The number of ether oxygens (including phenoxy) is 1. The smallest absolute Gasteiger partial charge is 0.328 e. The molecule has 7 nitrogen and oxygen atoms in total. The Balaban J connectivity index is 1.80. The molecule has 2 aliphatic rings. The quantitative estimate of drug-likeness (QED) is 0.852. The third-order valence-electron chi connectivity index (χ3n) is 4.77. The summed E-state index contributed by atoms with van der Waals surface area (Å²) in [4.78, 5) is 38.4. The fraction of sp³-hybridized carbons (Fsp3) is 0.500. The molecule has 134 valence electrons. The number of nitrogens with zero attached hydrogens (tertiary/aromatic N) is 1. The molecule has 1 aromatic rings. The van der Waals surface area contributed by atoms with Crippen molar-refractivity contribution in [3.8, 4) is 0 Å². The number of benzene rings is 1. The van der Waals surface area contributed by atoms with Crippen LogP contribution in [0.2, 0.25) is 0 Å². The van der Waals surface area contributed by atoms with E-state index in [0.29, 0.717) is 18.6 Å². The SMILES string of the molecule is O=C(N[C@H]1CCCC[C@H]2COC[C@@H](C(=O)O)N2C1=O)c1ccccc1. The number of hydrogen-bond donors (Lipinski definition) is 2. The van der Waals surface area contributed by atoms with Crippen LogP contribution in [0.4, 0.5) is 0 Å². The zero-order chi connectivity index (χ0) is 17.8. The highest BCUT2D eigenvalue weighted by Gasteiger charge is 2.42. The van der Waals surface area contributed by atoms with Crippen molar-refractivity contribution in [3.05, 3.63) is 35.9 Å². The first-order valence-electron chi connectivity index (χ1n) is 8.56. The van der Waals surface area contributed by atoms with Gasteiger partial charge >= 0.3 is 5.97 Å². The molecule has 3 atom stereocenters. The number of morpholine rings is 1. The van der Waals surface area contributed by atoms with Crippen LogP contribution in [0, 0.1) is 0 Å². The van der Waals surface area contributed by atoms with E-state index in [1.54, 1.807) is 24.3 Å². The number of amides is 2. The summed E-state index contributed by atoms with van der Waals surface area (Å²) in [5, 5.41) is 12.2. The van der Waals surface area contributed by atoms with E-state index in [4.69, 9.17) is 4.74 Å². The van der Waals surface area contributed by atoms with Crippen LogP contribution in [0.1, 0.15) is 36.0 Å². The maximum absolute atomic E-state index is 13.0. The van der Waals surface area contributed by atoms with Crippen LogP contribution in [-0.4, -0.2) is 59.1 Å². The molecule has 0 saturated carbocycles. The summed E-state index contributed by atoms with van der Waals surface area (Å²) in [6, 6.07) is 6.73. The zero-order valence-corrected chi connectivity index (χ0v) is 13.9. The average Bonchev–Trinajstić information content (AvgIpc) is 2.62. The molecule has 0 spiro atoms. The molecule has 2 amide bonds. The van der Waals surface area contributed by atoms with Crippen molar-refractivity contribution in [2.45, 2.75) is 43.8 Å². The third kappa shape index (κ3) is 3.82. The number of fused-ring (bicyclic) bond motifs is 1. The van der Waals surface area contributed by atoms with Gasteiger partial charge in [-0.3, -0.25) is 9.59 Å². The number of carboxylic acids is 1. The Labute approximate surface area is 146 Å². The van der Waals surface area contributed by atoms with Crippen LogP contribution < -0.4 is 5.32 Å². The zero-order valence-electron chi connectivity index (χ0n) is 13.9. The highest BCUT2D eigenvalue weighted by molar-refractivity contribution is 5.98. The van der Waals surface area contributed by atoms with E-state index in [0.717, 1.165) is 19.3 Å². The van der Waals surface area contributed by atoms with Gasteiger partial charge in [0, 0.05) is 5.56 Å². The summed E-state index contributed by atoms with van der Waals surface area (Å²) in [6.45, 7) is 0.325. The fourth-order valence-electron chi connectivity index (χ4n) is 3.47. The number of hydrogen-bond acceptors (Lipinski definition) is 4. The molecule has 0 aromatic heterocycles. The van der Waals surface area contributed by atoms with E-state index in [1.165, 1.54) is 4.90 Å². The summed E-state index contributed by atoms with van der Waals surface area (Å²) in [5.74, 6) is -1.73. The van der Waals surface area contributed by atoms with E-state index < -0.39 is 18.1 Å². The Hall–Kier alpha value is -2.41. The summed E-state index contributed by atoms with van der Waals surface area (Å²) in [6.07, 6.45) is 2.89. The molecule has 2 fully saturated rings. The summed E-state index contributed by atoms with van der Waals surface area (Å²) in [7, 11) is 0. The van der Waals surface area contributed by atoms with Gasteiger partial charge in [0.1, 0.15) is 6.04 Å². The third-order valence-corrected chi connectivity index (χ3v) is 4.77. The number of rotatable bonds is 3. The predicted molar refractivity (Wildman–Crippen MR) is 89.0 cm³/mol. The standard InChI is InChI=1S/C18H22N2O5/c21-16(12-6-2-1-3-7-12)19-14-9-5-4-8-13-10-25-11-15(18(23)24)20(13)17(14)22/h1-3,6-7,13-15H,4-5,8-11H2,(H,19,21)(H,23,24)/t13-,14-,15-/m0/s1. The van der Waals surface area contributed by atoms with Crippen molar-refractivity contribution in [2.75, 3.05) is 13.2 Å². The predicted octanol–water partition coefficient (Wildman–Crippen LogP) is 1.04. The van der Waals surface area contributed by atoms with E-state index >= 15 is 0 Å². The minimum Gasteiger partial charge on any atom is -0.480 e. The Kier molecular flexibility index (Phi) is 5.33. The Morgan fingerprint density at radius 3 is 2.56 bits per heavy atom. The monoisotopic (exact) mass is 346 g/mol. The van der Waals surface area contributed by atoms with Gasteiger partial charge in [-0.15, -0.1) is 0 Å².